The fourth-order valence-electron chi connectivity index (χ4n) is 2.01. The smallest absolute Gasteiger partial charge is 0.161 e. The van der Waals surface area contributed by atoms with E-state index in [-0.39, 0.29) is 0 Å². The molecule has 0 aliphatic heterocycles. The van der Waals surface area contributed by atoms with Gasteiger partial charge >= 0.3 is 0 Å². The maximum Gasteiger partial charge on any atom is 0.161 e. The first-order valence-corrected chi connectivity index (χ1v) is 7.25. The van der Waals surface area contributed by atoms with Gasteiger partial charge in [-0.2, -0.15) is 0 Å². The van der Waals surface area contributed by atoms with Crippen LogP contribution in [0, 0.1) is 0 Å². The van der Waals surface area contributed by atoms with Gasteiger partial charge in [0.15, 0.2) is 11.5 Å². The Labute approximate surface area is 134 Å². The van der Waals surface area contributed by atoms with Crippen LogP contribution in [0.4, 0.5) is 0 Å². The second kappa shape index (κ2) is 7.55. The molecule has 21 heavy (non-hydrogen) atoms. The molecule has 0 heterocycles. The van der Waals surface area contributed by atoms with E-state index in [0.717, 1.165) is 22.6 Å². The van der Waals surface area contributed by atoms with E-state index in [1.807, 2.05) is 24.3 Å². The highest BCUT2D eigenvalue weighted by molar-refractivity contribution is 6.33. The quantitative estimate of drug-likeness (QED) is 0.858. The zero-order valence-electron chi connectivity index (χ0n) is 12.0. The Bertz CT molecular complexity index is 617. The van der Waals surface area contributed by atoms with Crippen LogP contribution in [0.15, 0.2) is 36.4 Å². The largest absolute Gasteiger partial charge is 0.493 e. The van der Waals surface area contributed by atoms with Crippen molar-refractivity contribution in [3.8, 4) is 11.5 Å². The molecule has 2 aromatic carbocycles. The SMILES string of the molecule is COc1ccc(CNCc2cc(Cl)ccc2Cl)cc1OC. The first-order chi connectivity index (χ1) is 10.1. The lowest BCUT2D eigenvalue weighted by atomic mass is 10.2. The third-order valence-electron chi connectivity index (χ3n) is 3.10. The van der Waals surface area contributed by atoms with Crippen LogP contribution in [0.2, 0.25) is 10.0 Å². The van der Waals surface area contributed by atoms with E-state index in [1.54, 1.807) is 26.4 Å². The molecule has 1 N–H and O–H groups in total. The van der Waals surface area contributed by atoms with Crippen LogP contribution in [0.1, 0.15) is 11.1 Å². The first kappa shape index (κ1) is 16.0. The van der Waals surface area contributed by atoms with E-state index in [1.165, 1.54) is 0 Å². The molecule has 0 saturated heterocycles. The lowest BCUT2D eigenvalue weighted by Crippen LogP contribution is -2.13. The van der Waals surface area contributed by atoms with Crippen molar-refractivity contribution in [1.29, 1.82) is 0 Å². The lowest BCUT2D eigenvalue weighted by Gasteiger charge is -2.11. The van der Waals surface area contributed by atoms with Crippen molar-refractivity contribution in [3.05, 3.63) is 57.6 Å². The summed E-state index contributed by atoms with van der Waals surface area (Å²) >= 11 is 12.1. The third kappa shape index (κ3) is 4.27. The van der Waals surface area contributed by atoms with Crippen LogP contribution in [-0.4, -0.2) is 14.2 Å². The summed E-state index contributed by atoms with van der Waals surface area (Å²) in [5.41, 5.74) is 2.08. The monoisotopic (exact) mass is 325 g/mol. The topological polar surface area (TPSA) is 30.5 Å². The fraction of sp³-hybridized carbons (Fsp3) is 0.250. The van der Waals surface area contributed by atoms with Gasteiger partial charge in [0.2, 0.25) is 0 Å². The molecule has 0 aromatic heterocycles. The minimum atomic E-state index is 0.647. The van der Waals surface area contributed by atoms with E-state index in [0.29, 0.717) is 23.1 Å². The molecule has 0 amide bonds. The maximum absolute atomic E-state index is 6.13. The third-order valence-corrected chi connectivity index (χ3v) is 3.70. The zero-order valence-corrected chi connectivity index (χ0v) is 13.5. The molecule has 0 fully saturated rings. The van der Waals surface area contributed by atoms with Crippen molar-refractivity contribution < 1.29 is 9.47 Å². The second-order valence-corrected chi connectivity index (χ2v) is 5.37. The standard InChI is InChI=1S/C16H17Cl2NO2/c1-20-15-6-3-11(7-16(15)21-2)9-19-10-12-8-13(17)4-5-14(12)18/h3-8,19H,9-10H2,1-2H3. The Kier molecular flexibility index (Phi) is 5.74. The number of rotatable bonds is 6. The van der Waals surface area contributed by atoms with Crippen LogP contribution >= 0.6 is 23.2 Å². The molecule has 0 spiro atoms. The van der Waals surface area contributed by atoms with Gasteiger partial charge in [-0.3, -0.25) is 0 Å². The van der Waals surface area contributed by atoms with Gasteiger partial charge in [0.25, 0.3) is 0 Å². The van der Waals surface area contributed by atoms with Gasteiger partial charge in [0, 0.05) is 23.1 Å². The summed E-state index contributed by atoms with van der Waals surface area (Å²) in [6.07, 6.45) is 0. The van der Waals surface area contributed by atoms with E-state index in [2.05, 4.69) is 5.32 Å². The molecule has 0 radical (unpaired) electrons. The molecular weight excluding hydrogens is 309 g/mol. The summed E-state index contributed by atoms with van der Waals surface area (Å²) in [7, 11) is 3.25. The number of halogens is 2. The summed E-state index contributed by atoms with van der Waals surface area (Å²) in [5, 5.41) is 4.73. The fourth-order valence-corrected chi connectivity index (χ4v) is 2.39. The minimum absolute atomic E-state index is 0.647. The summed E-state index contributed by atoms with van der Waals surface area (Å²) in [6.45, 7) is 1.34. The van der Waals surface area contributed by atoms with E-state index < -0.39 is 0 Å². The Morgan fingerprint density at radius 1 is 0.905 bits per heavy atom. The van der Waals surface area contributed by atoms with Crippen molar-refractivity contribution in [1.82, 2.24) is 5.32 Å². The molecule has 3 nitrogen and oxygen atoms in total. The van der Waals surface area contributed by atoms with E-state index >= 15 is 0 Å². The van der Waals surface area contributed by atoms with Gasteiger partial charge in [-0.15, -0.1) is 0 Å². The van der Waals surface area contributed by atoms with Gasteiger partial charge < -0.3 is 14.8 Å². The lowest BCUT2D eigenvalue weighted by molar-refractivity contribution is 0.354. The van der Waals surface area contributed by atoms with Crippen molar-refractivity contribution in [2.45, 2.75) is 13.1 Å². The maximum atomic E-state index is 6.13. The number of hydrogen-bond acceptors (Lipinski definition) is 3. The molecule has 0 aliphatic carbocycles. The molecule has 0 unspecified atom stereocenters. The summed E-state index contributed by atoms with van der Waals surface area (Å²) in [4.78, 5) is 0. The van der Waals surface area contributed by atoms with E-state index in [9.17, 15) is 0 Å². The summed E-state index contributed by atoms with van der Waals surface area (Å²) in [6, 6.07) is 11.3. The van der Waals surface area contributed by atoms with Crippen molar-refractivity contribution >= 4 is 23.2 Å². The summed E-state index contributed by atoms with van der Waals surface area (Å²) in [5.74, 6) is 1.44. The van der Waals surface area contributed by atoms with E-state index in [4.69, 9.17) is 32.7 Å². The second-order valence-electron chi connectivity index (χ2n) is 4.53. The van der Waals surface area contributed by atoms with Crippen LogP contribution in [0.3, 0.4) is 0 Å². The molecule has 112 valence electrons. The molecule has 2 aromatic rings. The summed E-state index contributed by atoms with van der Waals surface area (Å²) < 4.78 is 10.5. The molecule has 5 heteroatoms. The van der Waals surface area contributed by atoms with Crippen LogP contribution in [-0.2, 0) is 13.1 Å². The molecule has 0 bridgehead atoms. The predicted molar refractivity (Wildman–Crippen MR) is 86.6 cm³/mol. The average molecular weight is 326 g/mol. The van der Waals surface area contributed by atoms with Gasteiger partial charge in [0.05, 0.1) is 14.2 Å². The highest BCUT2D eigenvalue weighted by atomic mass is 35.5. The van der Waals surface area contributed by atoms with Crippen molar-refractivity contribution in [2.75, 3.05) is 14.2 Å². The van der Waals surface area contributed by atoms with Gasteiger partial charge in [0.1, 0.15) is 0 Å². The van der Waals surface area contributed by atoms with Gasteiger partial charge in [-0.25, -0.2) is 0 Å². The molecule has 0 aliphatic rings. The molecule has 2 rings (SSSR count). The van der Waals surface area contributed by atoms with Crippen LogP contribution < -0.4 is 14.8 Å². The van der Waals surface area contributed by atoms with Crippen molar-refractivity contribution in [3.63, 3.8) is 0 Å². The first-order valence-electron chi connectivity index (χ1n) is 6.49. The number of nitrogens with one attached hydrogen (secondary N) is 1. The number of benzene rings is 2. The molecule has 0 saturated carbocycles. The van der Waals surface area contributed by atoms with Gasteiger partial charge in [-0.1, -0.05) is 29.3 Å². The Hall–Kier alpha value is -1.42. The van der Waals surface area contributed by atoms with Crippen LogP contribution in [0.5, 0.6) is 11.5 Å². The Morgan fingerprint density at radius 2 is 1.67 bits per heavy atom. The van der Waals surface area contributed by atoms with Crippen LogP contribution in [0.25, 0.3) is 0 Å². The minimum Gasteiger partial charge on any atom is -0.493 e. The highest BCUT2D eigenvalue weighted by Gasteiger charge is 2.05. The van der Waals surface area contributed by atoms with Crippen molar-refractivity contribution in [2.24, 2.45) is 0 Å². The number of methoxy groups -OCH3 is 2. The molecule has 0 atom stereocenters. The number of ether oxygens (including phenoxy) is 2. The Morgan fingerprint density at radius 3 is 2.38 bits per heavy atom. The average Bonchev–Trinajstić information content (AvgIpc) is 2.50. The predicted octanol–water partition coefficient (Wildman–Crippen LogP) is 4.30. The molecular formula is C16H17Cl2NO2. The Balaban J connectivity index is 1.98. The number of hydrogen-bond donors (Lipinski definition) is 1. The van der Waals surface area contributed by atoms with Gasteiger partial charge in [-0.05, 0) is 41.5 Å². The highest BCUT2D eigenvalue weighted by Crippen LogP contribution is 2.27. The normalized spacial score (nSPS) is 10.5. The zero-order chi connectivity index (χ0) is 15.2.